The minimum absolute atomic E-state index is 0.0559. The molecule has 0 atom stereocenters. The summed E-state index contributed by atoms with van der Waals surface area (Å²) in [4.78, 5) is 29.5. The Morgan fingerprint density at radius 3 is 2.23 bits per heavy atom. The minimum atomic E-state index is -0.0896. The molecule has 0 spiro atoms. The normalized spacial score (nSPS) is 13.2. The Bertz CT molecular complexity index is 1080. The van der Waals surface area contributed by atoms with Gasteiger partial charge in [-0.15, -0.1) is 0 Å². The molecule has 4 rings (SSSR count). The molecule has 0 saturated carbocycles. The molecular weight excluding hydrogens is 392 g/mol. The van der Waals surface area contributed by atoms with Crippen molar-refractivity contribution in [3.8, 4) is 5.75 Å². The van der Waals surface area contributed by atoms with E-state index >= 15 is 0 Å². The van der Waals surface area contributed by atoms with Crippen LogP contribution in [0.3, 0.4) is 0 Å². The monoisotopic (exact) mass is 418 g/mol. The summed E-state index contributed by atoms with van der Waals surface area (Å²) in [6.45, 7) is 1.86. The zero-order valence-corrected chi connectivity index (χ0v) is 18.1. The first-order chi connectivity index (χ1) is 14.9. The molecule has 2 aromatic carbocycles. The summed E-state index contributed by atoms with van der Waals surface area (Å²) in [5, 5.41) is 0. The average Bonchev–Trinajstić information content (AvgIpc) is 3.19. The second-order valence-electron chi connectivity index (χ2n) is 8.01. The molecule has 1 aromatic heterocycles. The molecule has 160 valence electrons. The van der Waals surface area contributed by atoms with Crippen molar-refractivity contribution in [2.24, 2.45) is 0 Å². The van der Waals surface area contributed by atoms with E-state index in [9.17, 15) is 9.59 Å². The van der Waals surface area contributed by atoms with Crippen molar-refractivity contribution in [1.29, 1.82) is 0 Å². The third-order valence-corrected chi connectivity index (χ3v) is 5.44. The number of benzene rings is 2. The molecule has 0 saturated heterocycles. The van der Waals surface area contributed by atoms with Crippen molar-refractivity contribution >= 4 is 11.7 Å². The lowest BCUT2D eigenvalue weighted by molar-refractivity contribution is 0.0718. The number of methoxy groups -OCH3 is 1. The second kappa shape index (κ2) is 8.78. The van der Waals surface area contributed by atoms with Crippen molar-refractivity contribution in [2.75, 3.05) is 27.7 Å². The number of rotatable bonds is 6. The highest BCUT2D eigenvalue weighted by Gasteiger charge is 2.25. The fourth-order valence-corrected chi connectivity index (χ4v) is 3.80. The Balaban J connectivity index is 1.44. The van der Waals surface area contributed by atoms with Crippen LogP contribution in [0.15, 0.2) is 59.0 Å². The minimum Gasteiger partial charge on any atom is -0.497 e. The first-order valence-electron chi connectivity index (χ1n) is 10.3. The largest absolute Gasteiger partial charge is 0.497 e. The van der Waals surface area contributed by atoms with Crippen molar-refractivity contribution < 1.29 is 18.7 Å². The number of carbonyl (C=O) groups is 2. The van der Waals surface area contributed by atoms with Crippen LogP contribution in [0.2, 0.25) is 0 Å². The molecule has 6 heteroatoms. The molecule has 0 bridgehead atoms. The molecule has 0 radical (unpaired) electrons. The molecule has 1 aliphatic heterocycles. The third-order valence-electron chi connectivity index (χ3n) is 5.44. The topological polar surface area (TPSA) is 63.0 Å². The van der Waals surface area contributed by atoms with Gasteiger partial charge in [-0.2, -0.15) is 0 Å². The second-order valence-corrected chi connectivity index (χ2v) is 8.01. The Labute approximate surface area is 182 Å². The van der Waals surface area contributed by atoms with Crippen LogP contribution >= 0.6 is 0 Å². The quantitative estimate of drug-likeness (QED) is 0.570. The van der Waals surface area contributed by atoms with E-state index in [1.807, 2.05) is 14.1 Å². The summed E-state index contributed by atoms with van der Waals surface area (Å²) < 4.78 is 11.1. The van der Waals surface area contributed by atoms with Gasteiger partial charge in [-0.3, -0.25) is 9.59 Å². The van der Waals surface area contributed by atoms with Gasteiger partial charge in [-0.05, 0) is 68.5 Å². The van der Waals surface area contributed by atoms with Gasteiger partial charge in [-0.25, -0.2) is 0 Å². The van der Waals surface area contributed by atoms with Crippen LogP contribution in [-0.2, 0) is 19.5 Å². The standard InChI is InChI=1S/C25H26N2O4/c1-26(2)15-22-14-20-12-13-27(16-23(20)31-22)25(29)19-6-4-17(5-7-19)24(28)18-8-10-21(30-3)11-9-18/h4-11,14H,12-13,15-16H2,1-3H3. The van der Waals surface area contributed by atoms with E-state index in [4.69, 9.17) is 9.15 Å². The molecule has 0 N–H and O–H groups in total. The summed E-state index contributed by atoms with van der Waals surface area (Å²) >= 11 is 0. The maximum Gasteiger partial charge on any atom is 0.254 e. The Hall–Kier alpha value is -3.38. The van der Waals surface area contributed by atoms with Crippen LogP contribution in [0.4, 0.5) is 0 Å². The number of fused-ring (bicyclic) bond motifs is 1. The van der Waals surface area contributed by atoms with Crippen LogP contribution in [0.1, 0.15) is 43.4 Å². The summed E-state index contributed by atoms with van der Waals surface area (Å²) in [6.07, 6.45) is 0.784. The van der Waals surface area contributed by atoms with Gasteiger partial charge < -0.3 is 19.0 Å². The molecule has 0 unspecified atom stereocenters. The fraction of sp³-hybridized carbons (Fsp3) is 0.280. The van der Waals surface area contributed by atoms with Gasteiger partial charge in [0, 0.05) is 23.2 Å². The number of hydrogen-bond acceptors (Lipinski definition) is 5. The van der Waals surface area contributed by atoms with E-state index in [2.05, 4.69) is 11.0 Å². The van der Waals surface area contributed by atoms with Gasteiger partial charge in [0.1, 0.15) is 17.3 Å². The van der Waals surface area contributed by atoms with E-state index in [1.165, 1.54) is 5.56 Å². The van der Waals surface area contributed by atoms with Crippen LogP contribution in [-0.4, -0.2) is 49.2 Å². The number of ketones is 1. The molecule has 0 fully saturated rings. The molecule has 2 heterocycles. The Morgan fingerprint density at radius 1 is 1.00 bits per heavy atom. The van der Waals surface area contributed by atoms with Crippen molar-refractivity contribution in [2.45, 2.75) is 19.5 Å². The highest BCUT2D eigenvalue weighted by atomic mass is 16.5. The number of furan rings is 1. The van der Waals surface area contributed by atoms with Crippen molar-refractivity contribution in [3.05, 3.63) is 88.4 Å². The van der Waals surface area contributed by atoms with Crippen LogP contribution in [0.5, 0.6) is 5.75 Å². The van der Waals surface area contributed by atoms with Gasteiger partial charge in [0.2, 0.25) is 0 Å². The number of amides is 1. The highest BCUT2D eigenvalue weighted by Crippen LogP contribution is 2.25. The SMILES string of the molecule is COc1ccc(C(=O)c2ccc(C(=O)N3CCc4cc(CN(C)C)oc4C3)cc2)cc1. The van der Waals surface area contributed by atoms with E-state index in [1.54, 1.807) is 60.5 Å². The molecule has 1 aliphatic rings. The lowest BCUT2D eigenvalue weighted by Crippen LogP contribution is -2.35. The smallest absolute Gasteiger partial charge is 0.254 e. The lowest BCUT2D eigenvalue weighted by atomic mass is 10.0. The molecule has 31 heavy (non-hydrogen) atoms. The van der Waals surface area contributed by atoms with E-state index in [0.717, 1.165) is 24.5 Å². The lowest BCUT2D eigenvalue weighted by Gasteiger charge is -2.26. The third kappa shape index (κ3) is 4.54. The molecular formula is C25H26N2O4. The number of ether oxygens (including phenoxy) is 1. The maximum atomic E-state index is 13.0. The zero-order chi connectivity index (χ0) is 22.0. The van der Waals surface area contributed by atoms with Gasteiger partial charge in [-0.1, -0.05) is 12.1 Å². The number of hydrogen-bond donors (Lipinski definition) is 0. The first kappa shape index (κ1) is 20.9. The van der Waals surface area contributed by atoms with Crippen molar-refractivity contribution in [3.63, 3.8) is 0 Å². The van der Waals surface area contributed by atoms with Crippen LogP contribution in [0.25, 0.3) is 0 Å². The average molecular weight is 418 g/mol. The Kier molecular flexibility index (Phi) is 5.91. The summed E-state index contributed by atoms with van der Waals surface area (Å²) in [6, 6.07) is 15.9. The van der Waals surface area contributed by atoms with Crippen LogP contribution in [0, 0.1) is 0 Å². The van der Waals surface area contributed by atoms with Crippen molar-refractivity contribution in [1.82, 2.24) is 9.80 Å². The maximum absolute atomic E-state index is 13.0. The molecule has 1 amide bonds. The van der Waals surface area contributed by atoms with Crippen LogP contribution < -0.4 is 4.74 Å². The van der Waals surface area contributed by atoms with Gasteiger partial charge in [0.15, 0.2) is 5.78 Å². The van der Waals surface area contributed by atoms with E-state index in [0.29, 0.717) is 35.5 Å². The van der Waals surface area contributed by atoms with Gasteiger partial charge >= 0.3 is 0 Å². The predicted octanol–water partition coefficient (Wildman–Crippen LogP) is 3.78. The fourth-order valence-electron chi connectivity index (χ4n) is 3.80. The van der Waals surface area contributed by atoms with E-state index < -0.39 is 0 Å². The number of carbonyl (C=O) groups excluding carboxylic acids is 2. The number of nitrogens with zero attached hydrogens (tertiary/aromatic N) is 2. The Morgan fingerprint density at radius 2 is 1.61 bits per heavy atom. The summed E-state index contributed by atoms with van der Waals surface area (Å²) in [5.74, 6) is 2.34. The zero-order valence-electron chi connectivity index (χ0n) is 18.1. The molecule has 6 nitrogen and oxygen atoms in total. The van der Waals surface area contributed by atoms with Gasteiger partial charge in [0.05, 0.1) is 20.2 Å². The first-order valence-corrected chi connectivity index (χ1v) is 10.3. The molecule has 0 aliphatic carbocycles. The summed E-state index contributed by atoms with van der Waals surface area (Å²) in [5.41, 5.74) is 2.87. The van der Waals surface area contributed by atoms with E-state index in [-0.39, 0.29) is 11.7 Å². The van der Waals surface area contributed by atoms with Gasteiger partial charge in [0.25, 0.3) is 5.91 Å². The highest BCUT2D eigenvalue weighted by molar-refractivity contribution is 6.09. The summed E-state index contributed by atoms with van der Waals surface area (Å²) in [7, 11) is 5.59. The predicted molar refractivity (Wildman–Crippen MR) is 117 cm³/mol. The molecule has 3 aromatic rings.